The molecule has 0 aliphatic rings. The van der Waals surface area contributed by atoms with Crippen molar-refractivity contribution in [3.63, 3.8) is 0 Å². The fourth-order valence-corrected chi connectivity index (χ4v) is 0.506. The molecule has 0 aliphatic carbocycles. The fraction of sp³-hybridized carbons (Fsp3) is 0.846. The van der Waals surface area contributed by atoms with Gasteiger partial charge in [-0.2, -0.15) is 0 Å². The van der Waals surface area contributed by atoms with Crippen molar-refractivity contribution in [2.24, 2.45) is 17.3 Å². The van der Waals surface area contributed by atoms with Gasteiger partial charge in [0.2, 0.25) is 0 Å². The number of aliphatic hydroxyl groups is 1. The van der Waals surface area contributed by atoms with Gasteiger partial charge in [0.1, 0.15) is 0 Å². The zero-order valence-electron chi connectivity index (χ0n) is 11.0. The summed E-state index contributed by atoms with van der Waals surface area (Å²) >= 11 is 0. The van der Waals surface area contributed by atoms with Crippen LogP contribution < -0.4 is 0 Å². The summed E-state index contributed by atoms with van der Waals surface area (Å²) in [5, 5.41) is 8.86. The van der Waals surface area contributed by atoms with Crippen molar-refractivity contribution >= 4 is 0 Å². The lowest BCUT2D eigenvalue weighted by molar-refractivity contribution is 0.199. The number of allylic oxidation sites excluding steroid dienone is 1. The molecule has 0 aromatic heterocycles. The summed E-state index contributed by atoms with van der Waals surface area (Å²) in [5.41, 5.74) is -0.0513. The van der Waals surface area contributed by atoms with Crippen LogP contribution in [0.4, 0.5) is 0 Å². The normalized spacial score (nSPS) is 12.1. The quantitative estimate of drug-likeness (QED) is 0.685. The van der Waals surface area contributed by atoms with Crippen molar-refractivity contribution in [3.05, 3.63) is 12.2 Å². The molecule has 14 heavy (non-hydrogen) atoms. The fourth-order valence-electron chi connectivity index (χ4n) is 0.506. The van der Waals surface area contributed by atoms with Crippen molar-refractivity contribution in [2.75, 3.05) is 6.61 Å². The molecule has 0 rings (SSSR count). The summed E-state index contributed by atoms with van der Waals surface area (Å²) in [7, 11) is 0. The van der Waals surface area contributed by atoms with Crippen LogP contribution >= 0.6 is 0 Å². The molecular formula is C13H28O. The van der Waals surface area contributed by atoms with Crippen LogP contribution in [0.3, 0.4) is 0 Å². The molecule has 0 fully saturated rings. The minimum absolute atomic E-state index is 0.0513. The second-order valence-corrected chi connectivity index (χ2v) is 5.48. The van der Waals surface area contributed by atoms with Gasteiger partial charge in [0, 0.05) is 5.41 Å². The van der Waals surface area contributed by atoms with Gasteiger partial charge in [-0.1, -0.05) is 60.6 Å². The highest BCUT2D eigenvalue weighted by molar-refractivity contribution is 4.95. The molecule has 1 heteroatoms. The van der Waals surface area contributed by atoms with Crippen molar-refractivity contribution in [1.82, 2.24) is 0 Å². The van der Waals surface area contributed by atoms with E-state index in [-0.39, 0.29) is 12.0 Å². The summed E-state index contributed by atoms with van der Waals surface area (Å²) in [5.74, 6) is 1.41. The third-order valence-electron chi connectivity index (χ3n) is 1.34. The smallest absolute Gasteiger partial charge is 0.0516 e. The van der Waals surface area contributed by atoms with Crippen LogP contribution in [0.2, 0.25) is 0 Å². The Morgan fingerprint density at radius 3 is 1.64 bits per heavy atom. The minimum atomic E-state index is -0.0513. The Morgan fingerprint density at radius 2 is 1.43 bits per heavy atom. The van der Waals surface area contributed by atoms with Crippen LogP contribution in [0.25, 0.3) is 0 Å². The van der Waals surface area contributed by atoms with Gasteiger partial charge in [-0.15, -0.1) is 0 Å². The highest BCUT2D eigenvalue weighted by Gasteiger charge is 2.10. The molecule has 86 valence electrons. The summed E-state index contributed by atoms with van der Waals surface area (Å²) in [6.07, 6.45) is 4.19. The van der Waals surface area contributed by atoms with E-state index in [0.29, 0.717) is 5.92 Å². The number of rotatable bonds is 3. The topological polar surface area (TPSA) is 20.2 Å². The van der Waals surface area contributed by atoms with E-state index in [0.717, 1.165) is 5.92 Å². The van der Waals surface area contributed by atoms with Gasteiger partial charge in [0.25, 0.3) is 0 Å². The van der Waals surface area contributed by atoms with Crippen LogP contribution in [0.15, 0.2) is 12.2 Å². The zero-order chi connectivity index (χ0) is 11.8. The van der Waals surface area contributed by atoms with Crippen LogP contribution in [-0.4, -0.2) is 11.7 Å². The molecule has 0 unspecified atom stereocenters. The second-order valence-electron chi connectivity index (χ2n) is 5.48. The van der Waals surface area contributed by atoms with Crippen molar-refractivity contribution in [1.29, 1.82) is 0 Å². The molecule has 0 aromatic carbocycles. The van der Waals surface area contributed by atoms with Gasteiger partial charge >= 0.3 is 0 Å². The molecule has 0 aliphatic heterocycles. The first-order valence-corrected chi connectivity index (χ1v) is 5.51. The first kappa shape index (κ1) is 16.1. The lowest BCUT2D eigenvalue weighted by atomic mass is 9.93. The third kappa shape index (κ3) is 17.7. The number of hydrogen-bond acceptors (Lipinski definition) is 1. The number of hydrogen-bond donors (Lipinski definition) is 1. The molecule has 0 radical (unpaired) electrons. The van der Waals surface area contributed by atoms with Crippen molar-refractivity contribution in [3.8, 4) is 0 Å². The van der Waals surface area contributed by atoms with E-state index in [2.05, 4.69) is 46.8 Å². The Morgan fingerprint density at radius 1 is 1.07 bits per heavy atom. The van der Waals surface area contributed by atoms with E-state index in [1.807, 2.05) is 13.8 Å². The predicted molar refractivity (Wildman–Crippen MR) is 65.4 cm³/mol. The Labute approximate surface area is 90.2 Å². The van der Waals surface area contributed by atoms with Gasteiger partial charge < -0.3 is 5.11 Å². The molecule has 1 N–H and O–H groups in total. The van der Waals surface area contributed by atoms with Crippen LogP contribution in [-0.2, 0) is 0 Å². The Kier molecular flexibility index (Phi) is 9.28. The summed E-state index contributed by atoms with van der Waals surface area (Å²) in [6.45, 7) is 15.0. The van der Waals surface area contributed by atoms with Gasteiger partial charge in [0.15, 0.2) is 0 Å². The van der Waals surface area contributed by atoms with Crippen molar-refractivity contribution < 1.29 is 5.11 Å². The van der Waals surface area contributed by atoms with E-state index in [4.69, 9.17) is 5.11 Å². The van der Waals surface area contributed by atoms with E-state index < -0.39 is 0 Å². The molecule has 0 aromatic rings. The maximum Gasteiger partial charge on any atom is 0.0516 e. The minimum Gasteiger partial charge on any atom is -0.395 e. The highest BCUT2D eigenvalue weighted by atomic mass is 16.3. The molecule has 1 nitrogen and oxygen atoms in total. The molecule has 0 spiro atoms. The summed E-state index contributed by atoms with van der Waals surface area (Å²) in [6, 6.07) is 0. The van der Waals surface area contributed by atoms with Crippen LogP contribution in [0.5, 0.6) is 0 Å². The first-order chi connectivity index (χ1) is 6.21. The highest BCUT2D eigenvalue weighted by Crippen LogP contribution is 2.16. The van der Waals surface area contributed by atoms with E-state index in [9.17, 15) is 0 Å². The molecule has 0 heterocycles. The van der Waals surface area contributed by atoms with Gasteiger partial charge in [-0.25, -0.2) is 0 Å². The Hall–Kier alpha value is -0.300. The summed E-state index contributed by atoms with van der Waals surface area (Å²) in [4.78, 5) is 0. The molecule has 0 atom stereocenters. The van der Waals surface area contributed by atoms with E-state index in [1.165, 1.54) is 0 Å². The molecule has 0 saturated carbocycles. The Balaban J connectivity index is 0. The number of aliphatic hydroxyl groups excluding tert-OH is 1. The van der Waals surface area contributed by atoms with Crippen molar-refractivity contribution in [2.45, 2.75) is 48.5 Å². The monoisotopic (exact) mass is 200 g/mol. The Bertz CT molecular complexity index is 141. The first-order valence-electron chi connectivity index (χ1n) is 5.51. The zero-order valence-corrected chi connectivity index (χ0v) is 11.0. The second kappa shape index (κ2) is 8.05. The molecule has 0 amide bonds. The average Bonchev–Trinajstić information content (AvgIpc) is 2.00. The van der Waals surface area contributed by atoms with Gasteiger partial charge in [0.05, 0.1) is 6.61 Å². The summed E-state index contributed by atoms with van der Waals surface area (Å²) < 4.78 is 0. The molecule has 0 saturated heterocycles. The lowest BCUT2D eigenvalue weighted by Gasteiger charge is -2.15. The maximum atomic E-state index is 8.86. The molecule has 0 bridgehead atoms. The maximum absolute atomic E-state index is 8.86. The molecular weight excluding hydrogens is 172 g/mol. The largest absolute Gasteiger partial charge is 0.395 e. The van der Waals surface area contributed by atoms with E-state index in [1.54, 1.807) is 0 Å². The van der Waals surface area contributed by atoms with Crippen LogP contribution in [0.1, 0.15) is 48.5 Å². The lowest BCUT2D eigenvalue weighted by Crippen LogP contribution is -2.12. The third-order valence-corrected chi connectivity index (χ3v) is 1.34. The standard InChI is InChI=1S/C9H18O.C4H10/c1-8(2)5-6-9(3,4)7-10;1-4(2)3/h5-6,8,10H,7H2,1-4H3;4H,1-3H3/b6-5+;. The van der Waals surface area contributed by atoms with Crippen LogP contribution in [0, 0.1) is 17.3 Å². The SMILES string of the molecule is CC(C)/C=C/C(C)(C)CO.CC(C)C. The van der Waals surface area contributed by atoms with E-state index >= 15 is 0 Å². The van der Waals surface area contributed by atoms with Gasteiger partial charge in [-0.3, -0.25) is 0 Å². The average molecular weight is 200 g/mol. The predicted octanol–water partition coefficient (Wildman–Crippen LogP) is 3.88. The van der Waals surface area contributed by atoms with Gasteiger partial charge in [-0.05, 0) is 11.8 Å².